The monoisotopic (exact) mass is 256 g/mol. The number of amides is 2. The van der Waals surface area contributed by atoms with Gasteiger partial charge in [-0.1, -0.05) is 6.07 Å². The standard InChI is InChI=1S/C11H13FN2O4/c1-18-6-9(10(15)16)14-11(17)13-8-4-2-3-7(12)5-8/h2-5,9H,6H2,1H3,(H,15,16)(H2,13,14,17). The minimum atomic E-state index is -1.22. The molecule has 98 valence electrons. The van der Waals surface area contributed by atoms with Gasteiger partial charge in [0.15, 0.2) is 6.04 Å². The molecule has 0 radical (unpaired) electrons. The second-order valence-electron chi connectivity index (χ2n) is 3.45. The van der Waals surface area contributed by atoms with Crippen molar-refractivity contribution in [2.45, 2.75) is 6.04 Å². The number of aliphatic carboxylic acids is 1. The smallest absolute Gasteiger partial charge is 0.328 e. The number of urea groups is 1. The second kappa shape index (κ2) is 6.55. The highest BCUT2D eigenvalue weighted by Gasteiger charge is 2.19. The summed E-state index contributed by atoms with van der Waals surface area (Å²) in [6.45, 7) is -0.161. The molecule has 3 N–H and O–H groups in total. The number of halogens is 1. The van der Waals surface area contributed by atoms with Crippen LogP contribution in [0.25, 0.3) is 0 Å². The third-order valence-electron chi connectivity index (χ3n) is 2.02. The Bertz CT molecular complexity index is 439. The van der Waals surface area contributed by atoms with Gasteiger partial charge in [-0.05, 0) is 18.2 Å². The number of methoxy groups -OCH3 is 1. The minimum absolute atomic E-state index is 0.161. The first kappa shape index (κ1) is 13.9. The van der Waals surface area contributed by atoms with Gasteiger partial charge in [-0.2, -0.15) is 0 Å². The molecule has 0 aromatic heterocycles. The fraction of sp³-hybridized carbons (Fsp3) is 0.273. The SMILES string of the molecule is COCC(NC(=O)Nc1cccc(F)c1)C(=O)O. The van der Waals surface area contributed by atoms with Gasteiger partial charge in [0.05, 0.1) is 6.61 Å². The summed E-state index contributed by atoms with van der Waals surface area (Å²) in [5.41, 5.74) is 0.231. The average Bonchev–Trinajstić information content (AvgIpc) is 2.28. The maximum atomic E-state index is 12.8. The Hall–Kier alpha value is -2.15. The number of carboxylic acids is 1. The fourth-order valence-electron chi connectivity index (χ4n) is 1.23. The molecule has 7 heteroatoms. The van der Waals surface area contributed by atoms with Gasteiger partial charge in [0.1, 0.15) is 5.82 Å². The van der Waals surface area contributed by atoms with E-state index in [9.17, 15) is 14.0 Å². The van der Waals surface area contributed by atoms with E-state index in [1.54, 1.807) is 0 Å². The summed E-state index contributed by atoms with van der Waals surface area (Å²) in [4.78, 5) is 22.2. The van der Waals surface area contributed by atoms with Crippen molar-refractivity contribution in [3.8, 4) is 0 Å². The molecular weight excluding hydrogens is 243 g/mol. The topological polar surface area (TPSA) is 87.7 Å². The number of nitrogens with one attached hydrogen (secondary N) is 2. The first-order valence-electron chi connectivity index (χ1n) is 5.07. The van der Waals surface area contributed by atoms with Crippen LogP contribution in [0.15, 0.2) is 24.3 Å². The number of carbonyl (C=O) groups is 2. The van der Waals surface area contributed by atoms with E-state index in [0.717, 1.165) is 6.07 Å². The number of ether oxygens (including phenoxy) is 1. The zero-order chi connectivity index (χ0) is 13.5. The van der Waals surface area contributed by atoms with Crippen LogP contribution in [-0.2, 0) is 9.53 Å². The van der Waals surface area contributed by atoms with Crippen LogP contribution in [0.4, 0.5) is 14.9 Å². The Morgan fingerprint density at radius 1 is 1.50 bits per heavy atom. The number of hydrogen-bond acceptors (Lipinski definition) is 3. The third-order valence-corrected chi connectivity index (χ3v) is 2.02. The van der Waals surface area contributed by atoms with Crippen LogP contribution in [0.3, 0.4) is 0 Å². The highest BCUT2D eigenvalue weighted by Crippen LogP contribution is 2.08. The molecule has 0 aliphatic heterocycles. The van der Waals surface area contributed by atoms with Gasteiger partial charge in [-0.25, -0.2) is 14.0 Å². The molecule has 0 aliphatic rings. The number of hydrogen-bond donors (Lipinski definition) is 3. The molecule has 0 heterocycles. The van der Waals surface area contributed by atoms with E-state index >= 15 is 0 Å². The minimum Gasteiger partial charge on any atom is -0.480 e. The molecule has 1 aromatic carbocycles. The van der Waals surface area contributed by atoms with Crippen LogP contribution in [0.2, 0.25) is 0 Å². The molecule has 1 rings (SSSR count). The van der Waals surface area contributed by atoms with Crippen molar-refractivity contribution in [3.63, 3.8) is 0 Å². The van der Waals surface area contributed by atoms with Crippen LogP contribution in [-0.4, -0.2) is 36.9 Å². The summed E-state index contributed by atoms with van der Waals surface area (Å²) < 4.78 is 17.5. The number of anilines is 1. The molecule has 2 amide bonds. The second-order valence-corrected chi connectivity index (χ2v) is 3.45. The van der Waals surface area contributed by atoms with Gasteiger partial charge in [0.25, 0.3) is 0 Å². The normalized spacial score (nSPS) is 11.7. The first-order valence-corrected chi connectivity index (χ1v) is 5.07. The number of rotatable bonds is 5. The highest BCUT2D eigenvalue weighted by molar-refractivity contribution is 5.92. The van der Waals surface area contributed by atoms with Gasteiger partial charge < -0.3 is 20.5 Å². The Morgan fingerprint density at radius 2 is 2.22 bits per heavy atom. The molecule has 18 heavy (non-hydrogen) atoms. The summed E-state index contributed by atoms with van der Waals surface area (Å²) in [7, 11) is 1.32. The Kier molecular flexibility index (Phi) is 5.06. The maximum absolute atomic E-state index is 12.8. The molecule has 1 unspecified atom stereocenters. The summed E-state index contributed by atoms with van der Waals surface area (Å²) in [6.07, 6.45) is 0. The van der Waals surface area contributed by atoms with E-state index in [1.807, 2.05) is 0 Å². The number of carboxylic acid groups (broad SMARTS) is 1. The zero-order valence-electron chi connectivity index (χ0n) is 9.64. The predicted octanol–water partition coefficient (Wildman–Crippen LogP) is 1.05. The van der Waals surface area contributed by atoms with E-state index in [1.165, 1.54) is 25.3 Å². The summed E-state index contributed by atoms with van der Waals surface area (Å²) in [6, 6.07) is 3.34. The van der Waals surface area contributed by atoms with Crippen molar-refractivity contribution in [1.82, 2.24) is 5.32 Å². The number of carbonyl (C=O) groups excluding carboxylic acids is 1. The highest BCUT2D eigenvalue weighted by atomic mass is 19.1. The van der Waals surface area contributed by atoms with Crippen LogP contribution in [0.1, 0.15) is 0 Å². The van der Waals surface area contributed by atoms with Gasteiger partial charge in [0, 0.05) is 12.8 Å². The molecule has 6 nitrogen and oxygen atoms in total. The van der Waals surface area contributed by atoms with Gasteiger partial charge in [-0.15, -0.1) is 0 Å². The molecule has 0 bridgehead atoms. The van der Waals surface area contributed by atoms with Crippen LogP contribution in [0, 0.1) is 5.82 Å². The summed E-state index contributed by atoms with van der Waals surface area (Å²) >= 11 is 0. The van der Waals surface area contributed by atoms with Crippen molar-refractivity contribution in [2.24, 2.45) is 0 Å². The van der Waals surface area contributed by atoms with Crippen molar-refractivity contribution < 1.29 is 23.8 Å². The van der Waals surface area contributed by atoms with Crippen LogP contribution >= 0.6 is 0 Å². The molecule has 0 fully saturated rings. The third kappa shape index (κ3) is 4.38. The lowest BCUT2D eigenvalue weighted by molar-refractivity contribution is -0.140. The van der Waals surface area contributed by atoms with Crippen molar-refractivity contribution in [2.75, 3.05) is 19.0 Å². The average molecular weight is 256 g/mol. The fourth-order valence-corrected chi connectivity index (χ4v) is 1.23. The Balaban J connectivity index is 2.57. The largest absolute Gasteiger partial charge is 0.480 e. The molecule has 0 saturated heterocycles. The van der Waals surface area contributed by atoms with Crippen LogP contribution in [0.5, 0.6) is 0 Å². The lowest BCUT2D eigenvalue weighted by Gasteiger charge is -2.14. The molecule has 1 aromatic rings. The van der Waals surface area contributed by atoms with E-state index < -0.39 is 23.9 Å². The molecule has 0 spiro atoms. The van der Waals surface area contributed by atoms with Crippen molar-refractivity contribution in [3.05, 3.63) is 30.1 Å². The Morgan fingerprint density at radius 3 is 2.78 bits per heavy atom. The molecule has 1 atom stereocenters. The number of benzene rings is 1. The molecule has 0 saturated carbocycles. The van der Waals surface area contributed by atoms with Gasteiger partial charge >= 0.3 is 12.0 Å². The van der Waals surface area contributed by atoms with E-state index in [0.29, 0.717) is 0 Å². The van der Waals surface area contributed by atoms with E-state index in [4.69, 9.17) is 5.11 Å². The summed E-state index contributed by atoms with van der Waals surface area (Å²) in [5.74, 6) is -1.72. The van der Waals surface area contributed by atoms with Crippen molar-refractivity contribution >= 4 is 17.7 Å². The maximum Gasteiger partial charge on any atom is 0.328 e. The van der Waals surface area contributed by atoms with Gasteiger partial charge in [0.2, 0.25) is 0 Å². The van der Waals surface area contributed by atoms with E-state index in [-0.39, 0.29) is 12.3 Å². The van der Waals surface area contributed by atoms with E-state index in [2.05, 4.69) is 15.4 Å². The lowest BCUT2D eigenvalue weighted by atomic mass is 10.3. The molecular formula is C11H13FN2O4. The Labute approximate surface area is 103 Å². The lowest BCUT2D eigenvalue weighted by Crippen LogP contribution is -2.45. The van der Waals surface area contributed by atoms with Gasteiger partial charge in [-0.3, -0.25) is 0 Å². The van der Waals surface area contributed by atoms with Crippen molar-refractivity contribution in [1.29, 1.82) is 0 Å². The zero-order valence-corrected chi connectivity index (χ0v) is 9.64. The van der Waals surface area contributed by atoms with Crippen LogP contribution < -0.4 is 10.6 Å². The predicted molar refractivity (Wildman–Crippen MR) is 61.9 cm³/mol. The quantitative estimate of drug-likeness (QED) is 0.734. The first-order chi connectivity index (χ1) is 8.52. The summed E-state index contributed by atoms with van der Waals surface area (Å²) in [5, 5.41) is 13.3. The molecule has 0 aliphatic carbocycles.